The molecule has 1 aromatic heterocycles. The molecular weight excluding hydrogens is 254 g/mol. The summed E-state index contributed by atoms with van der Waals surface area (Å²) in [7, 11) is 1.84. The molecule has 18 heavy (non-hydrogen) atoms. The number of amides is 1. The van der Waals surface area contributed by atoms with Crippen molar-refractivity contribution in [2.24, 2.45) is 5.92 Å². The van der Waals surface area contributed by atoms with E-state index >= 15 is 0 Å². The standard InChI is InChI=1S/C11H17N3O3S/c1-7(10(16)17)4-14(3)5-9-6-18-11(13-9)12-8(2)15/h6-7H,4-5H2,1-3H3,(H,16,17)(H,12,13,15). The van der Waals surface area contributed by atoms with Crippen molar-refractivity contribution in [3.05, 3.63) is 11.1 Å². The molecule has 6 nitrogen and oxygen atoms in total. The predicted molar refractivity (Wildman–Crippen MR) is 69.6 cm³/mol. The number of aliphatic carboxylic acids is 1. The molecule has 0 aliphatic carbocycles. The smallest absolute Gasteiger partial charge is 0.307 e. The molecule has 0 radical (unpaired) electrons. The van der Waals surface area contributed by atoms with Crippen LogP contribution >= 0.6 is 11.3 Å². The lowest BCUT2D eigenvalue weighted by molar-refractivity contribution is -0.141. The van der Waals surface area contributed by atoms with Crippen molar-refractivity contribution < 1.29 is 14.7 Å². The molecule has 2 N–H and O–H groups in total. The Kier molecular flexibility index (Phi) is 5.24. The molecule has 7 heteroatoms. The first kappa shape index (κ1) is 14.6. The lowest BCUT2D eigenvalue weighted by Gasteiger charge is -2.17. The van der Waals surface area contributed by atoms with Gasteiger partial charge in [0.2, 0.25) is 5.91 Å². The molecule has 0 fully saturated rings. The van der Waals surface area contributed by atoms with Gasteiger partial charge < -0.3 is 10.4 Å². The van der Waals surface area contributed by atoms with Crippen LogP contribution in [-0.4, -0.2) is 40.5 Å². The van der Waals surface area contributed by atoms with E-state index in [0.717, 1.165) is 5.69 Å². The summed E-state index contributed by atoms with van der Waals surface area (Å²) in [5.74, 6) is -1.37. The van der Waals surface area contributed by atoms with Crippen LogP contribution in [0.15, 0.2) is 5.38 Å². The Hall–Kier alpha value is -1.47. The topological polar surface area (TPSA) is 82.5 Å². The fourth-order valence-corrected chi connectivity index (χ4v) is 2.22. The normalized spacial score (nSPS) is 12.4. The van der Waals surface area contributed by atoms with Gasteiger partial charge in [-0.2, -0.15) is 0 Å². The van der Waals surface area contributed by atoms with Crippen LogP contribution < -0.4 is 5.32 Å². The Bertz CT molecular complexity index is 433. The summed E-state index contributed by atoms with van der Waals surface area (Å²) in [6.07, 6.45) is 0. The van der Waals surface area contributed by atoms with Crippen LogP contribution in [0.5, 0.6) is 0 Å². The fourth-order valence-electron chi connectivity index (χ4n) is 1.47. The summed E-state index contributed by atoms with van der Waals surface area (Å²) in [5, 5.41) is 13.8. The maximum absolute atomic E-state index is 10.8. The van der Waals surface area contributed by atoms with Crippen molar-refractivity contribution >= 4 is 28.3 Å². The van der Waals surface area contributed by atoms with E-state index in [2.05, 4.69) is 10.3 Å². The largest absolute Gasteiger partial charge is 0.481 e. The van der Waals surface area contributed by atoms with Crippen molar-refractivity contribution in [2.75, 3.05) is 18.9 Å². The minimum atomic E-state index is -0.806. The zero-order chi connectivity index (χ0) is 13.7. The van der Waals surface area contributed by atoms with Crippen LogP contribution in [0, 0.1) is 5.92 Å². The third-order valence-electron chi connectivity index (χ3n) is 2.27. The quantitative estimate of drug-likeness (QED) is 0.813. The number of anilines is 1. The van der Waals surface area contributed by atoms with Crippen molar-refractivity contribution in [1.82, 2.24) is 9.88 Å². The van der Waals surface area contributed by atoms with E-state index in [1.54, 1.807) is 6.92 Å². The van der Waals surface area contributed by atoms with E-state index in [4.69, 9.17) is 5.11 Å². The SMILES string of the molecule is CC(=O)Nc1nc(CN(C)CC(C)C(=O)O)cs1. The van der Waals surface area contributed by atoms with Crippen LogP contribution in [0.3, 0.4) is 0 Å². The summed E-state index contributed by atoms with van der Waals surface area (Å²) < 4.78 is 0. The summed E-state index contributed by atoms with van der Waals surface area (Å²) in [6.45, 7) is 4.13. The van der Waals surface area contributed by atoms with Gasteiger partial charge in [-0.3, -0.25) is 14.5 Å². The fraction of sp³-hybridized carbons (Fsp3) is 0.545. The number of rotatable bonds is 6. The Labute approximate surface area is 110 Å². The molecule has 1 atom stereocenters. The molecule has 1 heterocycles. The third kappa shape index (κ3) is 4.80. The predicted octanol–water partition coefficient (Wildman–Crippen LogP) is 1.25. The van der Waals surface area contributed by atoms with Gasteiger partial charge in [0.15, 0.2) is 5.13 Å². The first-order valence-corrected chi connectivity index (χ1v) is 6.39. The molecule has 1 aromatic rings. The highest BCUT2D eigenvalue weighted by Gasteiger charge is 2.14. The number of nitrogens with zero attached hydrogens (tertiary/aromatic N) is 2. The zero-order valence-corrected chi connectivity index (χ0v) is 11.5. The number of hydrogen-bond donors (Lipinski definition) is 2. The Morgan fingerprint density at radius 1 is 1.61 bits per heavy atom. The molecule has 0 bridgehead atoms. The van der Waals surface area contributed by atoms with E-state index < -0.39 is 11.9 Å². The van der Waals surface area contributed by atoms with Crippen molar-refractivity contribution in [2.45, 2.75) is 20.4 Å². The molecule has 0 saturated heterocycles. The lowest BCUT2D eigenvalue weighted by atomic mass is 10.2. The summed E-state index contributed by atoms with van der Waals surface area (Å²) in [6, 6.07) is 0. The number of carbonyl (C=O) groups excluding carboxylic acids is 1. The van der Waals surface area contributed by atoms with Crippen molar-refractivity contribution in [1.29, 1.82) is 0 Å². The summed E-state index contributed by atoms with van der Waals surface area (Å²) >= 11 is 1.36. The molecule has 100 valence electrons. The average Bonchev–Trinajstić information content (AvgIpc) is 2.63. The number of carboxylic acids is 1. The van der Waals surface area contributed by atoms with E-state index in [9.17, 15) is 9.59 Å². The van der Waals surface area contributed by atoms with Gasteiger partial charge in [-0.1, -0.05) is 6.92 Å². The molecule has 0 aliphatic rings. The highest BCUT2D eigenvalue weighted by atomic mass is 32.1. The molecule has 1 amide bonds. The number of hydrogen-bond acceptors (Lipinski definition) is 5. The molecule has 0 aliphatic heterocycles. The Balaban J connectivity index is 2.49. The second-order valence-electron chi connectivity index (χ2n) is 4.26. The number of thiazole rings is 1. The van der Waals surface area contributed by atoms with Gasteiger partial charge in [-0.15, -0.1) is 11.3 Å². The van der Waals surface area contributed by atoms with Gasteiger partial charge in [0.1, 0.15) is 0 Å². The maximum atomic E-state index is 10.8. The highest BCUT2D eigenvalue weighted by Crippen LogP contribution is 2.16. The van der Waals surface area contributed by atoms with Crippen LogP contribution in [0.25, 0.3) is 0 Å². The van der Waals surface area contributed by atoms with Gasteiger partial charge in [0.25, 0.3) is 0 Å². The Morgan fingerprint density at radius 2 is 2.28 bits per heavy atom. The number of carbonyl (C=O) groups is 2. The van der Waals surface area contributed by atoms with Crippen LogP contribution in [-0.2, 0) is 16.1 Å². The number of carboxylic acid groups (broad SMARTS) is 1. The average molecular weight is 271 g/mol. The van der Waals surface area contributed by atoms with Gasteiger partial charge in [0, 0.05) is 25.4 Å². The minimum Gasteiger partial charge on any atom is -0.481 e. The summed E-state index contributed by atoms with van der Waals surface area (Å²) in [4.78, 5) is 27.7. The second-order valence-corrected chi connectivity index (χ2v) is 5.12. The van der Waals surface area contributed by atoms with Gasteiger partial charge in [0.05, 0.1) is 11.6 Å². The monoisotopic (exact) mass is 271 g/mol. The van der Waals surface area contributed by atoms with Gasteiger partial charge >= 0.3 is 5.97 Å². The van der Waals surface area contributed by atoms with Crippen LogP contribution in [0.4, 0.5) is 5.13 Å². The molecule has 0 saturated carbocycles. The number of nitrogens with one attached hydrogen (secondary N) is 1. The van der Waals surface area contributed by atoms with E-state index in [0.29, 0.717) is 18.2 Å². The Morgan fingerprint density at radius 3 is 2.83 bits per heavy atom. The molecule has 0 aromatic carbocycles. The first-order valence-electron chi connectivity index (χ1n) is 5.52. The van der Waals surface area contributed by atoms with Crippen molar-refractivity contribution in [3.63, 3.8) is 0 Å². The third-order valence-corrected chi connectivity index (χ3v) is 3.08. The molecular formula is C11H17N3O3S. The molecule has 1 unspecified atom stereocenters. The second kappa shape index (κ2) is 6.46. The highest BCUT2D eigenvalue weighted by molar-refractivity contribution is 7.13. The van der Waals surface area contributed by atoms with Crippen LogP contribution in [0.2, 0.25) is 0 Å². The summed E-state index contributed by atoms with van der Waals surface area (Å²) in [5.41, 5.74) is 0.823. The van der Waals surface area contributed by atoms with Gasteiger partial charge in [-0.25, -0.2) is 4.98 Å². The maximum Gasteiger partial charge on any atom is 0.307 e. The zero-order valence-electron chi connectivity index (χ0n) is 10.6. The van der Waals surface area contributed by atoms with Gasteiger partial charge in [-0.05, 0) is 7.05 Å². The van der Waals surface area contributed by atoms with E-state index in [1.807, 2.05) is 17.3 Å². The first-order chi connectivity index (χ1) is 8.38. The van der Waals surface area contributed by atoms with Crippen molar-refractivity contribution in [3.8, 4) is 0 Å². The molecule has 0 spiro atoms. The molecule has 1 rings (SSSR count). The van der Waals surface area contributed by atoms with E-state index in [-0.39, 0.29) is 5.91 Å². The van der Waals surface area contributed by atoms with E-state index in [1.165, 1.54) is 18.3 Å². The number of aromatic nitrogens is 1. The lowest BCUT2D eigenvalue weighted by Crippen LogP contribution is -2.28. The van der Waals surface area contributed by atoms with Crippen LogP contribution in [0.1, 0.15) is 19.5 Å². The minimum absolute atomic E-state index is 0.149.